The van der Waals surface area contributed by atoms with Crippen LogP contribution in [0.25, 0.3) is 10.9 Å². The average molecular weight is 419 g/mol. The highest BCUT2D eigenvalue weighted by molar-refractivity contribution is 6.06. The molecule has 0 saturated heterocycles. The molecule has 0 aliphatic carbocycles. The number of hydrogen-bond acceptors (Lipinski definition) is 7. The molecular formula is C22H21N5O4. The molecule has 1 aliphatic heterocycles. The lowest BCUT2D eigenvalue weighted by molar-refractivity contribution is -0.153. The minimum Gasteiger partial charge on any atom is -0.464 e. The van der Waals surface area contributed by atoms with E-state index in [1.165, 1.54) is 17.1 Å². The van der Waals surface area contributed by atoms with Gasteiger partial charge in [0.25, 0.3) is 0 Å². The highest BCUT2D eigenvalue weighted by Gasteiger charge is 2.56. The van der Waals surface area contributed by atoms with E-state index in [-0.39, 0.29) is 30.2 Å². The summed E-state index contributed by atoms with van der Waals surface area (Å²) in [6, 6.07) is 9.58. The van der Waals surface area contributed by atoms with Crippen molar-refractivity contribution in [2.75, 3.05) is 18.5 Å². The predicted octanol–water partition coefficient (Wildman–Crippen LogP) is 2.43. The third kappa shape index (κ3) is 2.79. The topological polar surface area (TPSA) is 111 Å². The van der Waals surface area contributed by atoms with Crippen LogP contribution in [0.2, 0.25) is 0 Å². The fraction of sp³-hybridized carbons (Fsp3) is 0.273. The second kappa shape index (κ2) is 7.65. The number of fused-ring (bicyclic) bond motifs is 2. The van der Waals surface area contributed by atoms with Crippen LogP contribution >= 0.6 is 0 Å². The molecule has 9 heteroatoms. The van der Waals surface area contributed by atoms with Gasteiger partial charge in [0.2, 0.25) is 5.54 Å². The molecule has 158 valence electrons. The molecule has 3 heterocycles. The summed E-state index contributed by atoms with van der Waals surface area (Å²) in [4.78, 5) is 26.8. The van der Waals surface area contributed by atoms with E-state index in [0.29, 0.717) is 5.56 Å². The summed E-state index contributed by atoms with van der Waals surface area (Å²) in [5.74, 6) is -1.09. The van der Waals surface area contributed by atoms with Gasteiger partial charge >= 0.3 is 11.9 Å². The van der Waals surface area contributed by atoms with Gasteiger partial charge in [-0.1, -0.05) is 18.2 Å². The van der Waals surface area contributed by atoms with Gasteiger partial charge in [-0.2, -0.15) is 10.4 Å². The van der Waals surface area contributed by atoms with Crippen molar-refractivity contribution < 1.29 is 19.1 Å². The second-order valence-corrected chi connectivity index (χ2v) is 6.95. The maximum atomic E-state index is 13.7. The maximum Gasteiger partial charge on any atom is 0.343 e. The Balaban J connectivity index is 2.14. The zero-order valence-electron chi connectivity index (χ0n) is 17.4. The van der Waals surface area contributed by atoms with Crippen molar-refractivity contribution in [2.45, 2.75) is 19.4 Å². The molecule has 4 rings (SSSR count). The third-order valence-electron chi connectivity index (χ3n) is 5.30. The van der Waals surface area contributed by atoms with Crippen LogP contribution in [0.5, 0.6) is 0 Å². The van der Waals surface area contributed by atoms with Gasteiger partial charge in [-0.25, -0.2) is 14.3 Å². The number of nitrogens with one attached hydrogen (secondary N) is 1. The Morgan fingerprint density at radius 3 is 2.68 bits per heavy atom. The molecule has 1 N–H and O–H groups in total. The molecule has 1 unspecified atom stereocenters. The number of carbonyl (C=O) groups excluding carboxylic acids is 2. The summed E-state index contributed by atoms with van der Waals surface area (Å²) in [5.41, 5.74) is -0.174. The van der Waals surface area contributed by atoms with Gasteiger partial charge in [0.05, 0.1) is 25.0 Å². The van der Waals surface area contributed by atoms with Crippen molar-refractivity contribution in [3.8, 4) is 6.07 Å². The number of aromatic nitrogens is 3. The summed E-state index contributed by atoms with van der Waals surface area (Å²) in [6.07, 6.45) is 4.52. The van der Waals surface area contributed by atoms with Gasteiger partial charge < -0.3 is 19.4 Å². The number of anilines is 1. The fourth-order valence-electron chi connectivity index (χ4n) is 4.03. The van der Waals surface area contributed by atoms with Gasteiger partial charge in [-0.3, -0.25) is 0 Å². The fourth-order valence-corrected chi connectivity index (χ4v) is 4.03. The standard InChI is InChI=1S/C22H21N5O4/c1-4-30-20(28)16-12-24-19-14(10-23)11-25-27(19)22(16,21(29)31-5-2)17-13-26(3)18-9-7-6-8-15(17)18/h6-9,11-13,24H,4-5H2,1-3H3. The van der Waals surface area contributed by atoms with E-state index in [9.17, 15) is 14.9 Å². The van der Waals surface area contributed by atoms with Crippen molar-refractivity contribution in [1.29, 1.82) is 5.26 Å². The van der Waals surface area contributed by atoms with Gasteiger partial charge in [-0.15, -0.1) is 0 Å². The van der Waals surface area contributed by atoms with Crippen LogP contribution in [0.15, 0.2) is 48.4 Å². The minimum atomic E-state index is -1.78. The quantitative estimate of drug-likeness (QED) is 0.632. The molecule has 2 aromatic heterocycles. The number of carbonyl (C=O) groups is 2. The number of esters is 2. The van der Waals surface area contributed by atoms with Crippen molar-refractivity contribution >= 4 is 28.7 Å². The van der Waals surface area contributed by atoms with E-state index in [4.69, 9.17) is 9.47 Å². The Labute approximate surface area is 178 Å². The molecular weight excluding hydrogens is 398 g/mol. The van der Waals surface area contributed by atoms with Crippen LogP contribution in [0, 0.1) is 11.3 Å². The summed E-state index contributed by atoms with van der Waals surface area (Å²) < 4.78 is 14.0. The Bertz CT molecular complexity index is 1260. The van der Waals surface area contributed by atoms with Crippen LogP contribution in [0.4, 0.5) is 5.82 Å². The van der Waals surface area contributed by atoms with Crippen LogP contribution in [-0.4, -0.2) is 39.5 Å². The largest absolute Gasteiger partial charge is 0.464 e. The lowest BCUT2D eigenvalue weighted by atomic mass is 9.81. The first kappa shape index (κ1) is 20.2. The molecule has 1 aromatic carbocycles. The number of ether oxygens (including phenoxy) is 2. The zero-order valence-corrected chi connectivity index (χ0v) is 17.4. The first-order valence-corrected chi connectivity index (χ1v) is 9.85. The van der Waals surface area contributed by atoms with E-state index >= 15 is 0 Å². The first-order chi connectivity index (χ1) is 15.0. The molecule has 1 atom stereocenters. The number of benzene rings is 1. The smallest absolute Gasteiger partial charge is 0.343 e. The van der Waals surface area contributed by atoms with Crippen molar-refractivity contribution in [1.82, 2.24) is 14.3 Å². The molecule has 3 aromatic rings. The van der Waals surface area contributed by atoms with Gasteiger partial charge in [0.15, 0.2) is 0 Å². The molecule has 1 aliphatic rings. The van der Waals surface area contributed by atoms with Crippen LogP contribution in [0.3, 0.4) is 0 Å². The summed E-state index contributed by atoms with van der Waals surface area (Å²) in [6.45, 7) is 3.59. The van der Waals surface area contributed by atoms with E-state index in [1.807, 2.05) is 35.9 Å². The normalized spacial score (nSPS) is 17.3. The minimum absolute atomic E-state index is 0.0178. The molecule has 0 amide bonds. The van der Waals surface area contributed by atoms with E-state index in [1.54, 1.807) is 20.0 Å². The van der Waals surface area contributed by atoms with Gasteiger partial charge in [-0.05, 0) is 19.9 Å². The lowest BCUT2D eigenvalue weighted by Crippen LogP contribution is -2.51. The van der Waals surface area contributed by atoms with Gasteiger partial charge in [0.1, 0.15) is 17.5 Å². The number of hydrogen-bond donors (Lipinski definition) is 1. The Morgan fingerprint density at radius 2 is 1.97 bits per heavy atom. The van der Waals surface area contributed by atoms with E-state index < -0.39 is 17.5 Å². The van der Waals surface area contributed by atoms with Crippen molar-refractivity contribution in [3.63, 3.8) is 0 Å². The van der Waals surface area contributed by atoms with Crippen molar-refractivity contribution in [2.24, 2.45) is 7.05 Å². The second-order valence-electron chi connectivity index (χ2n) is 6.95. The van der Waals surface area contributed by atoms with Crippen LogP contribution in [-0.2, 0) is 31.6 Å². The predicted molar refractivity (Wildman–Crippen MR) is 112 cm³/mol. The van der Waals surface area contributed by atoms with Crippen LogP contribution < -0.4 is 5.32 Å². The van der Waals surface area contributed by atoms with Crippen LogP contribution in [0.1, 0.15) is 25.0 Å². The lowest BCUT2D eigenvalue weighted by Gasteiger charge is -2.36. The first-order valence-electron chi connectivity index (χ1n) is 9.85. The zero-order chi connectivity index (χ0) is 22.2. The van der Waals surface area contributed by atoms with E-state index in [2.05, 4.69) is 16.5 Å². The number of rotatable bonds is 5. The molecule has 0 radical (unpaired) electrons. The third-order valence-corrected chi connectivity index (χ3v) is 5.30. The number of para-hydroxylation sites is 1. The summed E-state index contributed by atoms with van der Waals surface area (Å²) in [5, 5.41) is 17.5. The Morgan fingerprint density at radius 1 is 1.23 bits per heavy atom. The SMILES string of the molecule is CCOC(=O)C1=CNc2c(C#N)cnn2C1(C(=O)OCC)c1cn(C)c2ccccc12. The summed E-state index contributed by atoms with van der Waals surface area (Å²) >= 11 is 0. The molecule has 0 bridgehead atoms. The monoisotopic (exact) mass is 419 g/mol. The number of nitrogens with zero attached hydrogens (tertiary/aromatic N) is 4. The summed E-state index contributed by atoms with van der Waals surface area (Å²) in [7, 11) is 1.85. The van der Waals surface area contributed by atoms with E-state index in [0.717, 1.165) is 10.9 Å². The molecule has 0 saturated carbocycles. The molecule has 31 heavy (non-hydrogen) atoms. The molecule has 0 spiro atoms. The Hall–Kier alpha value is -4.06. The Kier molecular flexibility index (Phi) is 4.99. The van der Waals surface area contributed by atoms with Gasteiger partial charge in [0, 0.05) is 35.9 Å². The molecule has 0 fully saturated rings. The number of nitriles is 1. The maximum absolute atomic E-state index is 13.7. The molecule has 9 nitrogen and oxygen atoms in total. The van der Waals surface area contributed by atoms with Crippen molar-refractivity contribution in [3.05, 3.63) is 59.6 Å². The average Bonchev–Trinajstić information content (AvgIpc) is 3.35. The highest BCUT2D eigenvalue weighted by atomic mass is 16.5. The highest BCUT2D eigenvalue weighted by Crippen LogP contribution is 2.44. The number of aryl methyl sites for hydroxylation is 1.